The number of nitrogens with zero attached hydrogens (tertiary/aromatic N) is 2. The quantitative estimate of drug-likeness (QED) is 0.255. The largest absolute Gasteiger partial charge is 0.468 e. The second-order valence-electron chi connectivity index (χ2n) is 4.06. The Morgan fingerprint density at radius 2 is 2.44 bits per heavy atom. The maximum Gasteiger partial charge on any atom is 0.250 e. The van der Waals surface area contributed by atoms with Crippen LogP contribution in [0.5, 0.6) is 0 Å². The van der Waals surface area contributed by atoms with Gasteiger partial charge in [0, 0.05) is 12.6 Å². The van der Waals surface area contributed by atoms with Crippen molar-refractivity contribution in [3.63, 3.8) is 0 Å². The summed E-state index contributed by atoms with van der Waals surface area (Å²) in [5.41, 5.74) is 0.612. The van der Waals surface area contributed by atoms with Gasteiger partial charge in [0.15, 0.2) is 0 Å². The number of hydrogen-bond acceptors (Lipinski definition) is 6. The first-order valence-corrected chi connectivity index (χ1v) is 5.57. The van der Waals surface area contributed by atoms with Crippen LogP contribution in [-0.2, 0) is 4.74 Å². The normalized spacial score (nSPS) is 22.5. The molecule has 7 nitrogen and oxygen atoms in total. The fraction of sp³-hybridized carbons (Fsp3) is 0.364. The molecule has 0 radical (unpaired) electrons. The van der Waals surface area contributed by atoms with Crippen molar-refractivity contribution in [2.24, 2.45) is 5.84 Å². The van der Waals surface area contributed by atoms with Gasteiger partial charge in [0.2, 0.25) is 11.6 Å². The van der Waals surface area contributed by atoms with Crippen LogP contribution in [0.3, 0.4) is 0 Å². The summed E-state index contributed by atoms with van der Waals surface area (Å²) in [4.78, 5) is 10.2. The van der Waals surface area contributed by atoms with Crippen LogP contribution in [-0.4, -0.2) is 28.5 Å². The van der Waals surface area contributed by atoms with Gasteiger partial charge in [-0.25, -0.2) is 5.84 Å². The fourth-order valence-electron chi connectivity index (χ4n) is 1.86. The molecule has 7 heteroatoms. The summed E-state index contributed by atoms with van der Waals surface area (Å²) in [6.07, 6.45) is 6.97. The van der Waals surface area contributed by atoms with E-state index in [9.17, 15) is 10.1 Å². The van der Waals surface area contributed by atoms with E-state index in [1.165, 1.54) is 11.1 Å². The molecule has 0 aromatic rings. The molecule has 0 fully saturated rings. The maximum atomic E-state index is 10.6. The maximum absolute atomic E-state index is 10.6. The number of nitro groups is 1. The van der Waals surface area contributed by atoms with Crippen molar-refractivity contribution in [2.75, 3.05) is 6.54 Å². The topological polar surface area (TPSA) is 105 Å². The summed E-state index contributed by atoms with van der Waals surface area (Å²) in [5, 5.41) is 19.9. The predicted molar refractivity (Wildman–Crippen MR) is 65.0 cm³/mol. The summed E-state index contributed by atoms with van der Waals surface area (Å²) in [7, 11) is 0. The van der Waals surface area contributed by atoms with Crippen molar-refractivity contribution in [2.45, 2.75) is 18.9 Å². The molecule has 3 N–H and O–H groups in total. The monoisotopic (exact) mass is 250 g/mol. The minimum absolute atomic E-state index is 0.0470. The van der Waals surface area contributed by atoms with E-state index >= 15 is 0 Å². The highest BCUT2D eigenvalue weighted by atomic mass is 16.6. The molecule has 0 aromatic heterocycles. The molecule has 0 aromatic carbocycles. The van der Waals surface area contributed by atoms with Gasteiger partial charge in [-0.3, -0.25) is 15.5 Å². The van der Waals surface area contributed by atoms with Crippen molar-refractivity contribution in [1.29, 1.82) is 5.41 Å². The third kappa shape index (κ3) is 2.57. The Hall–Kier alpha value is -2.15. The number of rotatable bonds is 3. The van der Waals surface area contributed by atoms with Crippen LogP contribution in [0.25, 0.3) is 0 Å². The van der Waals surface area contributed by atoms with E-state index in [0.717, 1.165) is 6.42 Å². The van der Waals surface area contributed by atoms with Gasteiger partial charge < -0.3 is 9.75 Å². The molecular weight excluding hydrogens is 236 g/mol. The SMILES string of the molecule is N=C(OC1C=CC=C([N+](=O)[O-])C1)C1=CCCN1N. The van der Waals surface area contributed by atoms with Gasteiger partial charge in [-0.1, -0.05) is 12.2 Å². The van der Waals surface area contributed by atoms with E-state index in [1.807, 2.05) is 6.08 Å². The van der Waals surface area contributed by atoms with Gasteiger partial charge >= 0.3 is 0 Å². The van der Waals surface area contributed by atoms with Crippen LogP contribution in [0.15, 0.2) is 35.7 Å². The zero-order chi connectivity index (χ0) is 13.1. The molecule has 1 atom stereocenters. The third-order valence-electron chi connectivity index (χ3n) is 2.78. The molecule has 2 rings (SSSR count). The number of hydrogen-bond donors (Lipinski definition) is 2. The summed E-state index contributed by atoms with van der Waals surface area (Å²) in [6.45, 7) is 0.654. The van der Waals surface area contributed by atoms with E-state index in [0.29, 0.717) is 12.2 Å². The van der Waals surface area contributed by atoms with E-state index in [2.05, 4.69) is 0 Å². The Morgan fingerprint density at radius 3 is 3.06 bits per heavy atom. The fourth-order valence-corrected chi connectivity index (χ4v) is 1.86. The lowest BCUT2D eigenvalue weighted by molar-refractivity contribution is -0.429. The Balaban J connectivity index is 1.96. The molecule has 18 heavy (non-hydrogen) atoms. The highest BCUT2D eigenvalue weighted by molar-refractivity contribution is 5.90. The minimum Gasteiger partial charge on any atom is -0.468 e. The standard InChI is InChI=1S/C11H14N4O3/c12-11(10-5-2-6-14(10)13)18-9-4-1-3-8(7-9)15(16)17/h1,3-5,9,12H,2,6-7,13H2. The smallest absolute Gasteiger partial charge is 0.250 e. The van der Waals surface area contributed by atoms with Crippen molar-refractivity contribution >= 4 is 5.90 Å². The summed E-state index contributed by atoms with van der Waals surface area (Å²) in [5.74, 6) is 5.62. The van der Waals surface area contributed by atoms with Gasteiger partial charge in [0.1, 0.15) is 11.8 Å². The number of hydrazine groups is 1. The average Bonchev–Trinajstić information content (AvgIpc) is 2.76. The second-order valence-corrected chi connectivity index (χ2v) is 4.06. The molecule has 0 amide bonds. The van der Waals surface area contributed by atoms with Gasteiger partial charge in [0.25, 0.3) is 0 Å². The number of ether oxygens (including phenoxy) is 1. The van der Waals surface area contributed by atoms with Gasteiger partial charge in [-0.05, 0) is 12.5 Å². The summed E-state index contributed by atoms with van der Waals surface area (Å²) in [6, 6.07) is 0. The van der Waals surface area contributed by atoms with E-state index in [-0.39, 0.29) is 18.0 Å². The van der Waals surface area contributed by atoms with Crippen molar-refractivity contribution in [3.05, 3.63) is 45.8 Å². The first kappa shape index (κ1) is 12.3. The van der Waals surface area contributed by atoms with E-state index < -0.39 is 11.0 Å². The minimum atomic E-state index is -0.488. The van der Waals surface area contributed by atoms with Crippen molar-refractivity contribution < 1.29 is 9.66 Å². The first-order chi connectivity index (χ1) is 8.58. The number of nitrogens with two attached hydrogens (primary N) is 1. The Bertz CT molecular complexity index is 467. The summed E-state index contributed by atoms with van der Waals surface area (Å²) >= 11 is 0. The summed E-state index contributed by atoms with van der Waals surface area (Å²) < 4.78 is 5.39. The second kappa shape index (κ2) is 5.01. The molecule has 0 saturated heterocycles. The molecule has 2 aliphatic rings. The van der Waals surface area contributed by atoms with Crippen LogP contribution in [0.1, 0.15) is 12.8 Å². The molecule has 1 aliphatic carbocycles. The lowest BCUT2D eigenvalue weighted by atomic mass is 10.1. The average molecular weight is 250 g/mol. The van der Waals surface area contributed by atoms with Crippen LogP contribution in [0.2, 0.25) is 0 Å². The molecule has 0 spiro atoms. The molecule has 1 unspecified atom stereocenters. The lowest BCUT2D eigenvalue weighted by Gasteiger charge is -2.21. The molecule has 1 heterocycles. The van der Waals surface area contributed by atoms with Crippen molar-refractivity contribution in [3.8, 4) is 0 Å². The van der Waals surface area contributed by atoms with Crippen LogP contribution in [0.4, 0.5) is 0 Å². The number of nitrogens with one attached hydrogen (secondary N) is 1. The lowest BCUT2D eigenvalue weighted by Crippen LogP contribution is -2.33. The highest BCUT2D eigenvalue weighted by Gasteiger charge is 2.24. The van der Waals surface area contributed by atoms with E-state index in [1.54, 1.807) is 12.2 Å². The van der Waals surface area contributed by atoms with Gasteiger partial charge in [-0.15, -0.1) is 0 Å². The van der Waals surface area contributed by atoms with E-state index in [4.69, 9.17) is 16.0 Å². The molecule has 96 valence electrons. The molecule has 1 aliphatic heterocycles. The van der Waals surface area contributed by atoms with Gasteiger partial charge in [0.05, 0.1) is 11.3 Å². The zero-order valence-corrected chi connectivity index (χ0v) is 9.70. The first-order valence-electron chi connectivity index (χ1n) is 5.57. The molecule has 0 bridgehead atoms. The van der Waals surface area contributed by atoms with Crippen LogP contribution in [0, 0.1) is 15.5 Å². The third-order valence-corrected chi connectivity index (χ3v) is 2.78. The van der Waals surface area contributed by atoms with Crippen LogP contribution >= 0.6 is 0 Å². The highest BCUT2D eigenvalue weighted by Crippen LogP contribution is 2.19. The Morgan fingerprint density at radius 1 is 1.67 bits per heavy atom. The molecule has 0 saturated carbocycles. The van der Waals surface area contributed by atoms with Crippen LogP contribution < -0.4 is 5.84 Å². The van der Waals surface area contributed by atoms with Gasteiger partial charge in [-0.2, -0.15) is 0 Å². The van der Waals surface area contributed by atoms with Crippen molar-refractivity contribution in [1.82, 2.24) is 5.01 Å². The Labute approximate surface area is 104 Å². The molecular formula is C11H14N4O3. The predicted octanol–water partition coefficient (Wildman–Crippen LogP) is 0.933. The zero-order valence-electron chi connectivity index (χ0n) is 9.70. The number of allylic oxidation sites excluding steroid dienone is 2. The Kier molecular flexibility index (Phi) is 3.42.